The Balaban J connectivity index is 0.00000171. The molecule has 1 unspecified atom stereocenters. The van der Waals surface area contributed by atoms with E-state index in [0.717, 1.165) is 11.6 Å². The zero-order valence-electron chi connectivity index (χ0n) is 17.1. The quantitative estimate of drug-likeness (QED) is 0.502. The van der Waals surface area contributed by atoms with Crippen molar-refractivity contribution >= 4 is 11.7 Å². The Bertz CT molecular complexity index is 1300. The van der Waals surface area contributed by atoms with Crippen molar-refractivity contribution < 1.29 is 25.2 Å². The predicted molar refractivity (Wildman–Crippen MR) is 116 cm³/mol. The van der Waals surface area contributed by atoms with Crippen molar-refractivity contribution in [1.29, 1.82) is 0 Å². The SMILES string of the molecule is O=C(Nc1cc(-c2ccccc2)c(C(F)(F)F)cc1F)N1C2CC[C@@H]1c1n[nH]c(=O)cc1C2.[HH].[HH]. The van der Waals surface area contributed by atoms with Gasteiger partial charge in [0.25, 0.3) is 5.56 Å². The molecule has 2 aliphatic rings. The minimum absolute atomic E-state index is 0. The Labute approximate surface area is 188 Å². The number of aromatic amines is 1. The highest BCUT2D eigenvalue weighted by Gasteiger charge is 2.44. The highest BCUT2D eigenvalue weighted by molar-refractivity contribution is 5.91. The summed E-state index contributed by atoms with van der Waals surface area (Å²) >= 11 is 0. The molecule has 33 heavy (non-hydrogen) atoms. The average Bonchev–Trinajstić information content (AvgIpc) is 3.09. The molecule has 10 heteroatoms. The van der Waals surface area contributed by atoms with E-state index in [0.29, 0.717) is 31.0 Å². The number of carbonyl (C=O) groups is 1. The Morgan fingerprint density at radius 3 is 2.64 bits per heavy atom. The molecular weight excluding hydrogens is 440 g/mol. The molecule has 3 aromatic rings. The number of nitrogens with one attached hydrogen (secondary N) is 2. The third-order valence-electron chi connectivity index (χ3n) is 6.17. The third kappa shape index (κ3) is 3.75. The molecule has 6 nitrogen and oxygen atoms in total. The van der Waals surface area contributed by atoms with E-state index in [2.05, 4.69) is 15.5 Å². The molecule has 2 atom stereocenters. The summed E-state index contributed by atoms with van der Waals surface area (Å²) in [5.41, 5.74) is -0.424. The number of hydrogen-bond acceptors (Lipinski definition) is 3. The topological polar surface area (TPSA) is 78.1 Å². The first-order valence-electron chi connectivity index (χ1n) is 10.4. The van der Waals surface area contributed by atoms with Crippen molar-refractivity contribution in [2.45, 2.75) is 37.5 Å². The van der Waals surface area contributed by atoms with Crippen molar-refractivity contribution in [3.8, 4) is 11.1 Å². The standard InChI is InChI=1S/C23H18F4N4O2.2H2/c24-17-11-16(23(25,26)27)15(12-4-2-1-3-5-12)10-18(17)28-22(33)31-14-6-7-19(31)21-13(8-14)9-20(32)29-30-21;;/h1-5,9-11,14,19H,6-8H2,(H,28,33)(H,29,32);2*1H/t14?,19-;;/m1../s1. The average molecular weight is 462 g/mol. The zero-order valence-corrected chi connectivity index (χ0v) is 17.1. The Morgan fingerprint density at radius 2 is 1.91 bits per heavy atom. The van der Waals surface area contributed by atoms with Gasteiger partial charge >= 0.3 is 12.2 Å². The molecule has 1 aromatic heterocycles. The van der Waals surface area contributed by atoms with Crippen LogP contribution < -0.4 is 10.9 Å². The molecule has 1 fully saturated rings. The van der Waals surface area contributed by atoms with Crippen LogP contribution >= 0.6 is 0 Å². The van der Waals surface area contributed by atoms with Crippen LogP contribution in [0.15, 0.2) is 53.3 Å². The summed E-state index contributed by atoms with van der Waals surface area (Å²) in [6.07, 6.45) is -3.05. The minimum Gasteiger partial charge on any atom is -0.313 e. The number of H-pyrrole nitrogens is 1. The molecule has 5 rings (SSSR count). The smallest absolute Gasteiger partial charge is 0.313 e. The molecule has 1 saturated heterocycles. The van der Waals surface area contributed by atoms with E-state index in [-0.39, 0.29) is 31.3 Å². The van der Waals surface area contributed by atoms with E-state index < -0.39 is 29.6 Å². The second-order valence-electron chi connectivity index (χ2n) is 8.17. The number of carbonyl (C=O) groups excluding carboxylic acids is 1. The third-order valence-corrected chi connectivity index (χ3v) is 6.17. The first kappa shape index (κ1) is 21.2. The lowest BCUT2D eigenvalue weighted by Crippen LogP contribution is -2.45. The fourth-order valence-electron chi connectivity index (χ4n) is 4.76. The molecule has 0 saturated carbocycles. The van der Waals surface area contributed by atoms with Gasteiger partial charge in [0.2, 0.25) is 0 Å². The van der Waals surface area contributed by atoms with Gasteiger partial charge in [-0.2, -0.15) is 18.3 Å². The van der Waals surface area contributed by atoms with E-state index in [1.807, 2.05) is 0 Å². The highest BCUT2D eigenvalue weighted by Crippen LogP contribution is 2.43. The summed E-state index contributed by atoms with van der Waals surface area (Å²) in [5, 5.41) is 8.92. The molecule has 2 aliphatic heterocycles. The minimum atomic E-state index is -4.77. The number of hydrogen-bond donors (Lipinski definition) is 2. The largest absolute Gasteiger partial charge is 0.417 e. The number of halogens is 4. The molecule has 174 valence electrons. The second-order valence-corrected chi connectivity index (χ2v) is 8.17. The van der Waals surface area contributed by atoms with Crippen LogP contribution in [0.1, 0.15) is 38.6 Å². The van der Waals surface area contributed by atoms with Crippen molar-refractivity contribution in [1.82, 2.24) is 15.1 Å². The number of benzene rings is 2. The van der Waals surface area contributed by atoms with E-state index >= 15 is 0 Å². The van der Waals surface area contributed by atoms with Gasteiger partial charge < -0.3 is 10.2 Å². The predicted octanol–water partition coefficient (Wildman–Crippen LogP) is 5.38. The molecule has 2 aromatic carbocycles. The molecule has 0 radical (unpaired) electrons. The molecule has 0 spiro atoms. The van der Waals surface area contributed by atoms with Gasteiger partial charge in [-0.25, -0.2) is 14.3 Å². The fourth-order valence-corrected chi connectivity index (χ4v) is 4.76. The summed E-state index contributed by atoms with van der Waals surface area (Å²) in [5.74, 6) is -1.18. The van der Waals surface area contributed by atoms with Gasteiger partial charge in [0.15, 0.2) is 0 Å². The number of rotatable bonds is 2. The monoisotopic (exact) mass is 462 g/mol. The Morgan fingerprint density at radius 1 is 1.15 bits per heavy atom. The Kier molecular flexibility index (Phi) is 4.95. The molecule has 2 N–H and O–H groups in total. The van der Waals surface area contributed by atoms with E-state index in [1.54, 1.807) is 18.2 Å². The highest BCUT2D eigenvalue weighted by atomic mass is 19.4. The van der Waals surface area contributed by atoms with Crippen molar-refractivity contribution in [2.75, 3.05) is 5.32 Å². The first-order chi connectivity index (χ1) is 15.7. The number of alkyl halides is 3. The Hall–Kier alpha value is -3.69. The van der Waals surface area contributed by atoms with Gasteiger partial charge in [-0.15, -0.1) is 0 Å². The summed E-state index contributed by atoms with van der Waals surface area (Å²) in [6.45, 7) is 0. The van der Waals surface area contributed by atoms with Gasteiger partial charge in [-0.05, 0) is 48.1 Å². The first-order valence-corrected chi connectivity index (χ1v) is 10.4. The van der Waals surface area contributed by atoms with Crippen LogP contribution in [-0.4, -0.2) is 27.2 Å². The number of urea groups is 1. The summed E-state index contributed by atoms with van der Waals surface area (Å²) in [6, 6.07) is 9.45. The lowest BCUT2D eigenvalue weighted by molar-refractivity contribution is -0.137. The van der Waals surface area contributed by atoms with Crippen LogP contribution in [0.25, 0.3) is 11.1 Å². The number of anilines is 1. The lowest BCUT2D eigenvalue weighted by atomic mass is 9.98. The maximum atomic E-state index is 14.7. The van der Waals surface area contributed by atoms with Gasteiger partial charge in [0.1, 0.15) is 5.82 Å². The van der Waals surface area contributed by atoms with Crippen LogP contribution in [0, 0.1) is 5.82 Å². The molecular formula is C23H22F4N4O2. The van der Waals surface area contributed by atoms with Crippen molar-refractivity contribution in [3.05, 3.63) is 81.5 Å². The van der Waals surface area contributed by atoms with Crippen LogP contribution in [-0.2, 0) is 12.6 Å². The van der Waals surface area contributed by atoms with Crippen LogP contribution in [0.3, 0.4) is 0 Å². The maximum Gasteiger partial charge on any atom is 0.417 e. The van der Waals surface area contributed by atoms with E-state index in [1.165, 1.54) is 23.1 Å². The van der Waals surface area contributed by atoms with Crippen LogP contribution in [0.2, 0.25) is 0 Å². The molecule has 2 amide bonds. The molecule has 2 bridgehead atoms. The van der Waals surface area contributed by atoms with Gasteiger partial charge in [0.05, 0.1) is 23.0 Å². The lowest BCUT2D eigenvalue weighted by Gasteiger charge is -2.35. The van der Waals surface area contributed by atoms with Crippen LogP contribution in [0.4, 0.5) is 28.0 Å². The van der Waals surface area contributed by atoms with E-state index in [4.69, 9.17) is 0 Å². The van der Waals surface area contributed by atoms with Crippen molar-refractivity contribution in [3.63, 3.8) is 0 Å². The number of nitrogens with zero attached hydrogens (tertiary/aromatic N) is 2. The van der Waals surface area contributed by atoms with Crippen LogP contribution in [0.5, 0.6) is 0 Å². The second kappa shape index (κ2) is 7.72. The number of fused-ring (bicyclic) bond motifs is 4. The number of aromatic nitrogens is 2. The van der Waals surface area contributed by atoms with E-state index in [9.17, 15) is 27.2 Å². The van der Waals surface area contributed by atoms with Gasteiger partial charge in [0, 0.05) is 15.0 Å². The van der Waals surface area contributed by atoms with Crippen molar-refractivity contribution in [2.24, 2.45) is 0 Å². The molecule has 0 aliphatic carbocycles. The van der Waals surface area contributed by atoms with Gasteiger partial charge in [-0.1, -0.05) is 30.3 Å². The number of amides is 2. The summed E-state index contributed by atoms with van der Waals surface area (Å²) in [4.78, 5) is 26.2. The summed E-state index contributed by atoms with van der Waals surface area (Å²) in [7, 11) is 0. The normalized spacial score (nSPS) is 19.3. The van der Waals surface area contributed by atoms with Gasteiger partial charge in [-0.3, -0.25) is 4.79 Å². The maximum absolute atomic E-state index is 14.7. The molecule has 3 heterocycles. The fraction of sp³-hybridized carbons (Fsp3) is 0.261. The summed E-state index contributed by atoms with van der Waals surface area (Å²) < 4.78 is 55.5. The zero-order chi connectivity index (χ0) is 23.3.